The van der Waals surface area contributed by atoms with Crippen LogP contribution in [-0.4, -0.2) is 45.7 Å². The first-order chi connectivity index (χ1) is 13.7. The number of ether oxygens (including phenoxy) is 2. The lowest BCUT2D eigenvalue weighted by Crippen LogP contribution is -2.41. The Balaban J connectivity index is 0.00000420. The first kappa shape index (κ1) is 24.5. The number of rotatable bonds is 9. The average Bonchev–Trinajstić information content (AvgIpc) is 2.75. The van der Waals surface area contributed by atoms with Gasteiger partial charge in [0.25, 0.3) is 5.91 Å². The molecule has 0 radical (unpaired) electrons. The average molecular weight is 512 g/mol. The Morgan fingerprint density at radius 1 is 0.862 bits per heavy atom. The number of carbonyl (C=O) groups excluding carboxylic acids is 1. The number of benzene rings is 2. The molecule has 158 valence electrons. The smallest absolute Gasteiger partial charge is 0.251 e. The van der Waals surface area contributed by atoms with Crippen LogP contribution in [0.2, 0.25) is 0 Å². The molecule has 2 aromatic rings. The minimum atomic E-state index is -0.121. The molecule has 3 N–H and O–H groups in total. The van der Waals surface area contributed by atoms with Gasteiger partial charge in [-0.3, -0.25) is 4.79 Å². The molecule has 0 saturated heterocycles. The second-order valence-corrected chi connectivity index (χ2v) is 5.95. The van der Waals surface area contributed by atoms with Crippen LogP contribution in [0.5, 0.6) is 11.5 Å². The fourth-order valence-electron chi connectivity index (χ4n) is 2.44. The number of hydrogen-bond acceptors (Lipinski definition) is 4. The van der Waals surface area contributed by atoms with Crippen molar-refractivity contribution in [1.82, 2.24) is 16.0 Å². The summed E-state index contributed by atoms with van der Waals surface area (Å²) in [5.41, 5.74) is 1.69. The van der Waals surface area contributed by atoms with Gasteiger partial charge in [0.05, 0.1) is 20.8 Å². The molecule has 0 heterocycles. The van der Waals surface area contributed by atoms with Gasteiger partial charge in [-0.2, -0.15) is 0 Å². The monoisotopic (exact) mass is 512 g/mol. The Morgan fingerprint density at radius 3 is 1.97 bits per heavy atom. The van der Waals surface area contributed by atoms with Crippen molar-refractivity contribution in [3.05, 3.63) is 59.7 Å². The Morgan fingerprint density at radius 2 is 1.41 bits per heavy atom. The maximum absolute atomic E-state index is 12.1. The molecule has 29 heavy (non-hydrogen) atoms. The second kappa shape index (κ2) is 13.6. The summed E-state index contributed by atoms with van der Waals surface area (Å²) >= 11 is 0. The van der Waals surface area contributed by atoms with Gasteiger partial charge in [-0.25, -0.2) is 4.99 Å². The van der Waals surface area contributed by atoms with Crippen molar-refractivity contribution in [2.24, 2.45) is 4.99 Å². The highest BCUT2D eigenvalue weighted by molar-refractivity contribution is 14.0. The van der Waals surface area contributed by atoms with E-state index in [1.54, 1.807) is 38.5 Å². The van der Waals surface area contributed by atoms with Crippen LogP contribution in [0.25, 0.3) is 0 Å². The van der Waals surface area contributed by atoms with E-state index in [1.165, 1.54) is 0 Å². The van der Waals surface area contributed by atoms with Crippen LogP contribution < -0.4 is 25.4 Å². The Bertz CT molecular complexity index is 765. The first-order valence-corrected chi connectivity index (χ1v) is 9.23. The molecule has 0 unspecified atom stereocenters. The number of amides is 1. The van der Waals surface area contributed by atoms with E-state index >= 15 is 0 Å². The predicted molar refractivity (Wildman–Crippen MR) is 127 cm³/mol. The first-order valence-electron chi connectivity index (χ1n) is 9.23. The Labute approximate surface area is 189 Å². The summed E-state index contributed by atoms with van der Waals surface area (Å²) in [6.45, 7) is 4.37. The van der Waals surface area contributed by atoms with E-state index in [1.807, 2.05) is 31.2 Å². The molecule has 0 spiro atoms. The van der Waals surface area contributed by atoms with Crippen molar-refractivity contribution in [3.63, 3.8) is 0 Å². The number of halogens is 1. The number of hydrogen-bond donors (Lipinski definition) is 3. The van der Waals surface area contributed by atoms with E-state index in [4.69, 9.17) is 9.47 Å². The quantitative estimate of drug-likeness (QED) is 0.208. The van der Waals surface area contributed by atoms with Gasteiger partial charge < -0.3 is 25.4 Å². The molecule has 0 atom stereocenters. The lowest BCUT2D eigenvalue weighted by Gasteiger charge is -2.12. The molecule has 0 saturated carbocycles. The molecule has 1 amide bonds. The van der Waals surface area contributed by atoms with Crippen LogP contribution >= 0.6 is 24.0 Å². The second-order valence-electron chi connectivity index (χ2n) is 5.95. The maximum atomic E-state index is 12.1. The van der Waals surface area contributed by atoms with Crippen molar-refractivity contribution in [3.8, 4) is 11.5 Å². The maximum Gasteiger partial charge on any atom is 0.251 e. The van der Waals surface area contributed by atoms with Gasteiger partial charge >= 0.3 is 0 Å². The van der Waals surface area contributed by atoms with Crippen LogP contribution in [0, 0.1) is 0 Å². The summed E-state index contributed by atoms with van der Waals surface area (Å²) in [5, 5.41) is 9.29. The molecule has 0 aliphatic carbocycles. The topological polar surface area (TPSA) is 84.0 Å². The predicted octanol–water partition coefficient (Wildman–Crippen LogP) is 2.81. The van der Waals surface area contributed by atoms with E-state index in [0.717, 1.165) is 23.6 Å². The molecule has 2 aromatic carbocycles. The molecule has 7 nitrogen and oxygen atoms in total. The molecule has 0 aliphatic rings. The van der Waals surface area contributed by atoms with Crippen molar-refractivity contribution < 1.29 is 14.3 Å². The van der Waals surface area contributed by atoms with E-state index in [0.29, 0.717) is 31.2 Å². The van der Waals surface area contributed by atoms with Gasteiger partial charge in [0.2, 0.25) is 0 Å². The van der Waals surface area contributed by atoms with E-state index in [-0.39, 0.29) is 29.9 Å². The van der Waals surface area contributed by atoms with Crippen molar-refractivity contribution in [1.29, 1.82) is 0 Å². The van der Waals surface area contributed by atoms with Crippen molar-refractivity contribution in [2.75, 3.05) is 33.9 Å². The highest BCUT2D eigenvalue weighted by Crippen LogP contribution is 2.12. The molecular weight excluding hydrogens is 483 g/mol. The summed E-state index contributed by atoms with van der Waals surface area (Å²) in [5.74, 6) is 2.13. The molecule has 0 aromatic heterocycles. The van der Waals surface area contributed by atoms with Gasteiger partial charge in [-0.15, -0.1) is 24.0 Å². The zero-order chi connectivity index (χ0) is 20.2. The lowest BCUT2D eigenvalue weighted by molar-refractivity contribution is 0.0954. The van der Waals surface area contributed by atoms with Crippen LogP contribution in [-0.2, 0) is 6.54 Å². The number of nitrogens with zero attached hydrogens (tertiary/aromatic N) is 1. The zero-order valence-corrected chi connectivity index (χ0v) is 19.4. The standard InChI is InChI=1S/C21H28N4O3.HI/c1-4-22-21(25-15-16-5-9-18(27-2)10-6-16)24-14-13-23-20(26)17-7-11-19(28-3)12-8-17;/h5-12H,4,13-15H2,1-3H3,(H,23,26)(H2,22,24,25);1H. The molecule has 0 bridgehead atoms. The van der Waals surface area contributed by atoms with Gasteiger partial charge in [0, 0.05) is 25.2 Å². The number of nitrogens with one attached hydrogen (secondary N) is 3. The normalized spacial score (nSPS) is 10.5. The molecule has 0 aliphatic heterocycles. The van der Waals surface area contributed by atoms with Gasteiger partial charge in [0.1, 0.15) is 11.5 Å². The number of aliphatic imine (C=N–C) groups is 1. The van der Waals surface area contributed by atoms with Crippen LogP contribution in [0.3, 0.4) is 0 Å². The lowest BCUT2D eigenvalue weighted by atomic mass is 10.2. The number of carbonyl (C=O) groups is 1. The van der Waals surface area contributed by atoms with Gasteiger partial charge in [0.15, 0.2) is 5.96 Å². The Hall–Kier alpha value is -2.49. The molecule has 0 fully saturated rings. The number of methoxy groups -OCH3 is 2. The Kier molecular flexibility index (Phi) is 11.6. The summed E-state index contributed by atoms with van der Waals surface area (Å²) in [6, 6.07) is 14.8. The minimum Gasteiger partial charge on any atom is -0.497 e. The van der Waals surface area contributed by atoms with Crippen molar-refractivity contribution >= 4 is 35.8 Å². The zero-order valence-electron chi connectivity index (χ0n) is 17.0. The van der Waals surface area contributed by atoms with Crippen molar-refractivity contribution in [2.45, 2.75) is 13.5 Å². The van der Waals surface area contributed by atoms with Gasteiger partial charge in [-0.05, 0) is 48.9 Å². The fourth-order valence-corrected chi connectivity index (χ4v) is 2.44. The highest BCUT2D eigenvalue weighted by atomic mass is 127. The van der Waals surface area contributed by atoms with Crippen LogP contribution in [0.1, 0.15) is 22.8 Å². The summed E-state index contributed by atoms with van der Waals surface area (Å²) < 4.78 is 10.3. The molecular formula is C21H29IN4O3. The summed E-state index contributed by atoms with van der Waals surface area (Å²) in [7, 11) is 3.24. The third-order valence-corrected chi connectivity index (χ3v) is 3.98. The third kappa shape index (κ3) is 8.59. The summed E-state index contributed by atoms with van der Waals surface area (Å²) in [6.07, 6.45) is 0. The van der Waals surface area contributed by atoms with E-state index in [9.17, 15) is 4.79 Å². The van der Waals surface area contributed by atoms with Gasteiger partial charge in [-0.1, -0.05) is 12.1 Å². The van der Waals surface area contributed by atoms with Crippen LogP contribution in [0.15, 0.2) is 53.5 Å². The fraction of sp³-hybridized carbons (Fsp3) is 0.333. The van der Waals surface area contributed by atoms with E-state index in [2.05, 4.69) is 20.9 Å². The SMILES string of the molecule is CCNC(=NCc1ccc(OC)cc1)NCCNC(=O)c1ccc(OC)cc1.I. The molecule has 2 rings (SSSR count). The molecule has 8 heteroatoms. The number of guanidine groups is 1. The third-order valence-electron chi connectivity index (χ3n) is 3.98. The van der Waals surface area contributed by atoms with Crippen LogP contribution in [0.4, 0.5) is 0 Å². The highest BCUT2D eigenvalue weighted by Gasteiger charge is 2.05. The minimum absolute atomic E-state index is 0. The van der Waals surface area contributed by atoms with E-state index < -0.39 is 0 Å². The largest absolute Gasteiger partial charge is 0.497 e. The summed E-state index contributed by atoms with van der Waals surface area (Å²) in [4.78, 5) is 16.7.